The number of carbonyl (C=O) groups is 2. The van der Waals surface area contributed by atoms with Gasteiger partial charge in [-0.15, -0.1) is 0 Å². The first-order valence-electron chi connectivity index (χ1n) is 9.33. The summed E-state index contributed by atoms with van der Waals surface area (Å²) in [6, 6.07) is 16.6. The number of methoxy groups -OCH3 is 1. The van der Waals surface area contributed by atoms with Crippen LogP contribution >= 0.6 is 0 Å². The molecule has 2 aromatic carbocycles. The van der Waals surface area contributed by atoms with Crippen molar-refractivity contribution in [2.75, 3.05) is 45.2 Å². The molecule has 28 heavy (non-hydrogen) atoms. The van der Waals surface area contributed by atoms with Gasteiger partial charge in [0.2, 0.25) is 5.91 Å². The van der Waals surface area contributed by atoms with Crippen molar-refractivity contribution in [3.63, 3.8) is 0 Å². The highest BCUT2D eigenvalue weighted by Gasteiger charge is 2.31. The summed E-state index contributed by atoms with van der Waals surface area (Å²) in [5.41, 5.74) is 2.01. The van der Waals surface area contributed by atoms with E-state index in [9.17, 15) is 9.59 Å². The number of nitrogens with one attached hydrogen (secondary N) is 2. The van der Waals surface area contributed by atoms with Gasteiger partial charge in [0.25, 0.3) is 0 Å². The molecule has 3 amide bonds. The number of rotatable bonds is 5. The molecule has 1 heterocycles. The Morgan fingerprint density at radius 1 is 0.964 bits per heavy atom. The van der Waals surface area contributed by atoms with Crippen molar-refractivity contribution >= 4 is 17.6 Å². The number of imide groups is 1. The Morgan fingerprint density at radius 3 is 2.18 bits per heavy atom. The van der Waals surface area contributed by atoms with E-state index in [1.165, 1.54) is 7.05 Å². The van der Waals surface area contributed by atoms with Gasteiger partial charge in [-0.25, -0.2) is 4.79 Å². The lowest BCUT2D eigenvalue weighted by Gasteiger charge is -2.39. The normalized spacial score (nSPS) is 15.6. The molecule has 3 rings (SSSR count). The van der Waals surface area contributed by atoms with Crippen LogP contribution in [0.4, 0.5) is 10.5 Å². The second-order valence-corrected chi connectivity index (χ2v) is 6.60. The topological polar surface area (TPSA) is 73.9 Å². The third-order valence-corrected chi connectivity index (χ3v) is 4.94. The van der Waals surface area contributed by atoms with Crippen LogP contribution in [0.2, 0.25) is 0 Å². The molecule has 0 radical (unpaired) electrons. The highest BCUT2D eigenvalue weighted by atomic mass is 16.5. The Bertz CT molecular complexity index is 787. The van der Waals surface area contributed by atoms with E-state index < -0.39 is 12.1 Å². The Kier molecular flexibility index (Phi) is 6.49. The number of urea groups is 1. The molecular weight excluding hydrogens is 356 g/mol. The third kappa shape index (κ3) is 4.61. The quantitative estimate of drug-likeness (QED) is 0.828. The zero-order chi connectivity index (χ0) is 19.9. The minimum atomic E-state index is -0.503. The zero-order valence-corrected chi connectivity index (χ0v) is 16.2. The van der Waals surface area contributed by atoms with E-state index in [0.29, 0.717) is 13.1 Å². The number of benzene rings is 2. The van der Waals surface area contributed by atoms with Gasteiger partial charge in [0.1, 0.15) is 11.8 Å². The third-order valence-electron chi connectivity index (χ3n) is 4.94. The van der Waals surface area contributed by atoms with E-state index in [-0.39, 0.29) is 5.91 Å². The molecule has 2 N–H and O–H groups in total. The number of piperazine rings is 1. The maximum Gasteiger partial charge on any atom is 0.321 e. The van der Waals surface area contributed by atoms with Gasteiger partial charge in [0.05, 0.1) is 7.11 Å². The summed E-state index contributed by atoms with van der Waals surface area (Å²) >= 11 is 0. The van der Waals surface area contributed by atoms with Crippen LogP contribution in [0.15, 0.2) is 54.6 Å². The van der Waals surface area contributed by atoms with E-state index in [2.05, 4.69) is 20.4 Å². The molecule has 1 fully saturated rings. The zero-order valence-electron chi connectivity index (χ0n) is 16.2. The van der Waals surface area contributed by atoms with Crippen molar-refractivity contribution in [1.82, 2.24) is 15.5 Å². The van der Waals surface area contributed by atoms with Gasteiger partial charge in [-0.1, -0.05) is 30.3 Å². The number of hydrogen-bond acceptors (Lipinski definition) is 5. The lowest BCUT2D eigenvalue weighted by Crippen LogP contribution is -2.52. The molecule has 0 unspecified atom stereocenters. The minimum absolute atomic E-state index is 0.316. The molecule has 0 aromatic heterocycles. The fraction of sp³-hybridized carbons (Fsp3) is 0.333. The first kappa shape index (κ1) is 19.7. The standard InChI is InChI=1S/C21H26N4O3/c1-22-21(27)23-20(26)19(16-6-4-3-5-7-16)25-14-12-24(13-15-25)17-8-10-18(28-2)11-9-17/h3-11,19H,12-15H2,1-2H3,(H2,22,23,26,27)/t19-/m0/s1. The lowest BCUT2D eigenvalue weighted by atomic mass is 10.0. The van der Waals surface area contributed by atoms with Crippen LogP contribution in [0, 0.1) is 0 Å². The van der Waals surface area contributed by atoms with E-state index >= 15 is 0 Å². The number of ether oxygens (including phenoxy) is 1. The van der Waals surface area contributed by atoms with Gasteiger partial charge in [-0.3, -0.25) is 15.0 Å². The molecule has 1 aliphatic heterocycles. The van der Waals surface area contributed by atoms with Crippen molar-refractivity contribution in [3.8, 4) is 5.75 Å². The van der Waals surface area contributed by atoms with Crippen LogP contribution < -0.4 is 20.3 Å². The van der Waals surface area contributed by atoms with Crippen LogP contribution in [0.25, 0.3) is 0 Å². The summed E-state index contributed by atoms with van der Waals surface area (Å²) < 4.78 is 5.22. The summed E-state index contributed by atoms with van der Waals surface area (Å²) in [5, 5.41) is 4.86. The molecule has 0 bridgehead atoms. The SMILES string of the molecule is CNC(=O)NC(=O)[C@H](c1ccccc1)N1CCN(c2ccc(OC)cc2)CC1. The fourth-order valence-corrected chi connectivity index (χ4v) is 3.44. The second kappa shape index (κ2) is 9.23. The predicted molar refractivity (Wildman–Crippen MR) is 109 cm³/mol. The number of carbonyl (C=O) groups excluding carboxylic acids is 2. The second-order valence-electron chi connectivity index (χ2n) is 6.60. The van der Waals surface area contributed by atoms with Gasteiger partial charge >= 0.3 is 6.03 Å². The summed E-state index contributed by atoms with van der Waals surface area (Å²) in [6.07, 6.45) is 0. The monoisotopic (exact) mass is 382 g/mol. The Labute approximate surface area is 165 Å². The fourth-order valence-electron chi connectivity index (χ4n) is 3.44. The largest absolute Gasteiger partial charge is 0.497 e. The molecule has 0 spiro atoms. The number of hydrogen-bond donors (Lipinski definition) is 2. The molecule has 0 aliphatic carbocycles. The van der Waals surface area contributed by atoms with E-state index in [0.717, 1.165) is 30.1 Å². The smallest absolute Gasteiger partial charge is 0.321 e. The van der Waals surface area contributed by atoms with Crippen molar-refractivity contribution in [2.24, 2.45) is 0 Å². The first-order valence-corrected chi connectivity index (χ1v) is 9.33. The van der Waals surface area contributed by atoms with Crippen molar-refractivity contribution in [2.45, 2.75) is 6.04 Å². The average molecular weight is 382 g/mol. The number of amides is 3. The average Bonchev–Trinajstić information content (AvgIpc) is 2.75. The molecule has 148 valence electrons. The van der Waals surface area contributed by atoms with Crippen molar-refractivity contribution in [3.05, 3.63) is 60.2 Å². The van der Waals surface area contributed by atoms with Gasteiger partial charge in [0, 0.05) is 38.9 Å². The van der Waals surface area contributed by atoms with Gasteiger partial charge in [-0.05, 0) is 29.8 Å². The maximum absolute atomic E-state index is 12.8. The highest BCUT2D eigenvalue weighted by molar-refractivity contribution is 5.97. The van der Waals surface area contributed by atoms with Crippen LogP contribution in [0.1, 0.15) is 11.6 Å². The van der Waals surface area contributed by atoms with Crippen LogP contribution in [-0.4, -0.2) is 57.2 Å². The lowest BCUT2D eigenvalue weighted by molar-refractivity contribution is -0.125. The van der Waals surface area contributed by atoms with Crippen molar-refractivity contribution < 1.29 is 14.3 Å². The minimum Gasteiger partial charge on any atom is -0.497 e. The van der Waals surface area contributed by atoms with Crippen LogP contribution in [0.3, 0.4) is 0 Å². The summed E-state index contributed by atoms with van der Waals surface area (Å²) in [6.45, 7) is 3.02. The first-order chi connectivity index (χ1) is 13.6. The van der Waals surface area contributed by atoms with Crippen LogP contribution in [-0.2, 0) is 4.79 Å². The summed E-state index contributed by atoms with van der Waals surface area (Å²) in [4.78, 5) is 28.8. The van der Waals surface area contributed by atoms with Crippen molar-refractivity contribution in [1.29, 1.82) is 0 Å². The molecule has 2 aromatic rings. The molecule has 1 aliphatic rings. The van der Waals surface area contributed by atoms with Gasteiger partial charge < -0.3 is 15.0 Å². The van der Waals surface area contributed by atoms with E-state index in [1.807, 2.05) is 54.6 Å². The summed E-state index contributed by atoms with van der Waals surface area (Å²) in [7, 11) is 3.15. The van der Waals surface area contributed by atoms with Crippen LogP contribution in [0.5, 0.6) is 5.75 Å². The van der Waals surface area contributed by atoms with E-state index in [1.54, 1.807) is 7.11 Å². The van der Waals surface area contributed by atoms with Gasteiger partial charge in [0.15, 0.2) is 0 Å². The van der Waals surface area contributed by atoms with E-state index in [4.69, 9.17) is 4.74 Å². The highest BCUT2D eigenvalue weighted by Crippen LogP contribution is 2.25. The maximum atomic E-state index is 12.8. The molecule has 1 atom stereocenters. The number of nitrogens with zero attached hydrogens (tertiary/aromatic N) is 2. The molecule has 0 saturated carbocycles. The molecule has 7 nitrogen and oxygen atoms in total. The molecule has 1 saturated heterocycles. The summed E-state index contributed by atoms with van der Waals surface area (Å²) in [5.74, 6) is 0.515. The Morgan fingerprint density at radius 2 is 1.61 bits per heavy atom. The Hall–Kier alpha value is -3.06. The predicted octanol–water partition coefficient (Wildman–Crippen LogP) is 2.01. The molecular formula is C21H26N4O3. The molecule has 7 heteroatoms. The Balaban J connectivity index is 1.71. The number of anilines is 1. The van der Waals surface area contributed by atoms with Gasteiger partial charge in [-0.2, -0.15) is 0 Å².